The van der Waals surface area contributed by atoms with E-state index in [0.717, 1.165) is 53.0 Å². The number of nitrogens with one attached hydrogen (secondary N) is 1. The Bertz CT molecular complexity index is 1210. The van der Waals surface area contributed by atoms with Crippen LogP contribution in [0.25, 0.3) is 16.8 Å². The Morgan fingerprint density at radius 3 is 2.70 bits per heavy atom. The highest BCUT2D eigenvalue weighted by Crippen LogP contribution is 2.35. The minimum absolute atomic E-state index is 0.402. The first kappa shape index (κ1) is 18.6. The van der Waals surface area contributed by atoms with Crippen molar-refractivity contribution in [2.45, 2.75) is 26.2 Å². The van der Waals surface area contributed by atoms with Crippen molar-refractivity contribution in [3.8, 4) is 11.1 Å². The quantitative estimate of drug-likeness (QED) is 0.546. The molecule has 4 aromatic heterocycles. The maximum atomic E-state index is 4.56. The summed E-state index contributed by atoms with van der Waals surface area (Å²) in [6.07, 6.45) is 4.69. The molecular weight excluding hydrogens is 376 g/mol. The summed E-state index contributed by atoms with van der Waals surface area (Å²) in [6.45, 7) is 5.48. The van der Waals surface area contributed by atoms with E-state index >= 15 is 0 Å². The molecule has 0 fully saturated rings. The van der Waals surface area contributed by atoms with Gasteiger partial charge in [-0.25, -0.2) is 4.98 Å². The molecule has 1 N–H and O–H groups in total. The Hall–Kier alpha value is -3.42. The molecule has 0 radical (unpaired) electrons. The number of pyridine rings is 2. The molecule has 0 saturated heterocycles. The van der Waals surface area contributed by atoms with Gasteiger partial charge in [0.1, 0.15) is 23.3 Å². The molecule has 154 valence electrons. The van der Waals surface area contributed by atoms with Gasteiger partial charge in [-0.1, -0.05) is 13.8 Å². The van der Waals surface area contributed by atoms with Gasteiger partial charge in [-0.15, -0.1) is 10.2 Å². The Morgan fingerprint density at radius 2 is 1.93 bits per heavy atom. The van der Waals surface area contributed by atoms with Crippen molar-refractivity contribution in [3.05, 3.63) is 48.5 Å². The third-order valence-electron chi connectivity index (χ3n) is 5.69. The summed E-state index contributed by atoms with van der Waals surface area (Å²) in [6, 6.07) is 10.3. The van der Waals surface area contributed by atoms with E-state index < -0.39 is 0 Å². The van der Waals surface area contributed by atoms with Gasteiger partial charge in [-0.2, -0.15) is 5.10 Å². The Morgan fingerprint density at radius 1 is 1.07 bits per heavy atom. The summed E-state index contributed by atoms with van der Waals surface area (Å²) in [4.78, 5) is 6.77. The molecule has 0 saturated carbocycles. The number of aromatic nitrogens is 6. The molecule has 0 aromatic carbocycles. The van der Waals surface area contributed by atoms with Crippen molar-refractivity contribution < 1.29 is 0 Å². The lowest BCUT2D eigenvalue weighted by atomic mass is 9.94. The van der Waals surface area contributed by atoms with Gasteiger partial charge < -0.3 is 10.2 Å². The Kier molecular flexibility index (Phi) is 4.42. The third-order valence-corrected chi connectivity index (χ3v) is 5.69. The highest BCUT2D eigenvalue weighted by molar-refractivity contribution is 5.74. The molecule has 0 aliphatic carbocycles. The summed E-state index contributed by atoms with van der Waals surface area (Å²) in [5, 5.41) is 16.6. The number of likely N-dealkylation sites (N-methyl/N-ethyl adjacent to an activating group) is 1. The van der Waals surface area contributed by atoms with Crippen molar-refractivity contribution in [2.75, 3.05) is 23.8 Å². The van der Waals surface area contributed by atoms with Crippen LogP contribution in [-0.2, 0) is 7.05 Å². The molecule has 4 aromatic rings. The lowest BCUT2D eigenvalue weighted by Crippen LogP contribution is -2.32. The van der Waals surface area contributed by atoms with E-state index in [1.807, 2.05) is 31.4 Å². The maximum Gasteiger partial charge on any atom is 0.163 e. The smallest absolute Gasteiger partial charge is 0.163 e. The van der Waals surface area contributed by atoms with Gasteiger partial charge in [-0.3, -0.25) is 9.08 Å². The van der Waals surface area contributed by atoms with Gasteiger partial charge in [0, 0.05) is 38.8 Å². The van der Waals surface area contributed by atoms with Crippen molar-refractivity contribution in [1.29, 1.82) is 0 Å². The molecule has 0 bridgehead atoms. The zero-order chi connectivity index (χ0) is 20.8. The van der Waals surface area contributed by atoms with Gasteiger partial charge in [0.05, 0.1) is 6.20 Å². The SMILES string of the molecule is CC(C)C[C@H]1CN(C)c2cc(-c3ccnc(Nc4ccnn4C)c3)cc3nnc1n23. The number of aryl methyl sites for hydroxylation is 1. The van der Waals surface area contributed by atoms with Crippen LogP contribution in [0, 0.1) is 5.92 Å². The fourth-order valence-electron chi connectivity index (χ4n) is 4.29. The molecule has 30 heavy (non-hydrogen) atoms. The fraction of sp³-hybridized carbons (Fsp3) is 0.364. The first-order valence-electron chi connectivity index (χ1n) is 10.3. The average Bonchev–Trinajstić information content (AvgIpc) is 3.32. The third kappa shape index (κ3) is 3.18. The lowest BCUT2D eigenvalue weighted by molar-refractivity contribution is 0.467. The van der Waals surface area contributed by atoms with Crippen molar-refractivity contribution >= 4 is 23.1 Å². The van der Waals surface area contributed by atoms with Crippen LogP contribution < -0.4 is 10.2 Å². The van der Waals surface area contributed by atoms with Crippen LogP contribution in [0.3, 0.4) is 0 Å². The lowest BCUT2D eigenvalue weighted by Gasteiger charge is -2.32. The molecule has 1 aliphatic heterocycles. The predicted octanol–water partition coefficient (Wildman–Crippen LogP) is 3.85. The second-order valence-electron chi connectivity index (χ2n) is 8.46. The number of hydrogen-bond acceptors (Lipinski definition) is 6. The number of rotatable bonds is 5. The Balaban J connectivity index is 1.54. The molecule has 1 aliphatic rings. The Labute approximate surface area is 175 Å². The van der Waals surface area contributed by atoms with E-state index in [-0.39, 0.29) is 0 Å². The first-order chi connectivity index (χ1) is 14.5. The summed E-state index contributed by atoms with van der Waals surface area (Å²) in [5.74, 6) is 4.89. The van der Waals surface area contributed by atoms with Crippen LogP contribution >= 0.6 is 0 Å². The molecule has 5 rings (SSSR count). The summed E-state index contributed by atoms with van der Waals surface area (Å²) in [5.41, 5.74) is 3.06. The fourth-order valence-corrected chi connectivity index (χ4v) is 4.29. The summed E-state index contributed by atoms with van der Waals surface area (Å²) < 4.78 is 3.99. The second-order valence-corrected chi connectivity index (χ2v) is 8.46. The monoisotopic (exact) mass is 402 g/mol. The first-order valence-corrected chi connectivity index (χ1v) is 10.3. The van der Waals surface area contributed by atoms with E-state index in [1.165, 1.54) is 0 Å². The standard InChI is InChI=1S/C22H26N8/c1-14(2)9-17-13-28(3)21-12-16(11-20-26-27-22(17)30(20)21)15-5-7-23-18(10-15)25-19-6-8-24-29(19)4/h5-8,10-12,14,17H,9,13H2,1-4H3,(H,23,25)/t17-/m0/s1. The van der Waals surface area contributed by atoms with E-state index in [1.54, 1.807) is 10.9 Å². The predicted molar refractivity (Wildman–Crippen MR) is 118 cm³/mol. The number of nitrogens with zero attached hydrogens (tertiary/aromatic N) is 7. The molecule has 0 unspecified atom stereocenters. The largest absolute Gasteiger partial charge is 0.360 e. The van der Waals surface area contributed by atoms with Gasteiger partial charge in [-0.05, 0) is 47.7 Å². The highest BCUT2D eigenvalue weighted by Gasteiger charge is 2.28. The van der Waals surface area contributed by atoms with Crippen LogP contribution in [-0.4, -0.2) is 43.0 Å². The van der Waals surface area contributed by atoms with Crippen LogP contribution in [0.2, 0.25) is 0 Å². The topological polar surface area (TPSA) is 76.2 Å². The van der Waals surface area contributed by atoms with Gasteiger partial charge >= 0.3 is 0 Å². The minimum atomic E-state index is 0.402. The average molecular weight is 403 g/mol. The maximum absolute atomic E-state index is 4.56. The molecule has 8 nitrogen and oxygen atoms in total. The summed E-state index contributed by atoms with van der Waals surface area (Å²) in [7, 11) is 4.05. The van der Waals surface area contributed by atoms with E-state index in [4.69, 9.17) is 0 Å². The number of hydrogen-bond donors (Lipinski definition) is 1. The van der Waals surface area contributed by atoms with Crippen LogP contribution in [0.1, 0.15) is 32.0 Å². The van der Waals surface area contributed by atoms with Crippen molar-refractivity contribution in [2.24, 2.45) is 13.0 Å². The molecule has 5 heterocycles. The molecule has 8 heteroatoms. The zero-order valence-corrected chi connectivity index (χ0v) is 17.7. The summed E-state index contributed by atoms with van der Waals surface area (Å²) >= 11 is 0. The molecule has 1 atom stereocenters. The molecular formula is C22H26N8. The van der Waals surface area contributed by atoms with Crippen LogP contribution in [0.15, 0.2) is 42.7 Å². The van der Waals surface area contributed by atoms with Crippen LogP contribution in [0.4, 0.5) is 17.5 Å². The van der Waals surface area contributed by atoms with Gasteiger partial charge in [0.2, 0.25) is 0 Å². The van der Waals surface area contributed by atoms with E-state index in [2.05, 4.69) is 67.9 Å². The van der Waals surface area contributed by atoms with Crippen molar-refractivity contribution in [1.82, 2.24) is 29.4 Å². The normalized spacial score (nSPS) is 15.9. The minimum Gasteiger partial charge on any atom is -0.360 e. The van der Waals surface area contributed by atoms with Crippen LogP contribution in [0.5, 0.6) is 0 Å². The number of anilines is 3. The highest BCUT2D eigenvalue weighted by atomic mass is 15.3. The second kappa shape index (κ2) is 7.12. The van der Waals surface area contributed by atoms with Crippen molar-refractivity contribution in [3.63, 3.8) is 0 Å². The molecule has 0 spiro atoms. The van der Waals surface area contributed by atoms with Gasteiger partial charge in [0.15, 0.2) is 5.65 Å². The molecule has 0 amide bonds. The van der Waals surface area contributed by atoms with E-state index in [9.17, 15) is 0 Å². The van der Waals surface area contributed by atoms with Gasteiger partial charge in [0.25, 0.3) is 0 Å². The van der Waals surface area contributed by atoms with E-state index in [0.29, 0.717) is 11.8 Å². The zero-order valence-electron chi connectivity index (χ0n) is 17.7.